The van der Waals surface area contributed by atoms with E-state index >= 15 is 0 Å². The van der Waals surface area contributed by atoms with E-state index in [-0.39, 0.29) is 11.4 Å². The van der Waals surface area contributed by atoms with Crippen LogP contribution in [0.2, 0.25) is 0 Å². The lowest BCUT2D eigenvalue weighted by Gasteiger charge is -2.18. The Hall–Kier alpha value is -2.95. The standard InChI is InChI=1S/C19H18N4O/c1-13-20-17(23-22-13)14-7-9-15(10-8-14)18(24)21-19(11-12-19)16-5-3-2-4-6-16/h2-10H,11-12H2,1H3,(H,21,24)(H,20,22,23). The quantitative estimate of drug-likeness (QED) is 0.776. The van der Waals surface area contributed by atoms with Gasteiger partial charge in [0, 0.05) is 11.1 Å². The van der Waals surface area contributed by atoms with Gasteiger partial charge in [-0.3, -0.25) is 9.89 Å². The normalized spacial score (nSPS) is 15.0. The van der Waals surface area contributed by atoms with E-state index in [0.29, 0.717) is 11.4 Å². The van der Waals surface area contributed by atoms with Gasteiger partial charge in [-0.05, 0) is 37.5 Å². The van der Waals surface area contributed by atoms with Crippen LogP contribution in [0.25, 0.3) is 11.4 Å². The molecule has 1 aliphatic carbocycles. The lowest BCUT2D eigenvalue weighted by Crippen LogP contribution is -2.34. The van der Waals surface area contributed by atoms with Crippen molar-refractivity contribution in [2.75, 3.05) is 0 Å². The van der Waals surface area contributed by atoms with E-state index in [1.165, 1.54) is 5.56 Å². The minimum absolute atomic E-state index is 0.0472. The molecule has 24 heavy (non-hydrogen) atoms. The molecule has 3 aromatic rings. The van der Waals surface area contributed by atoms with Crippen molar-refractivity contribution in [1.29, 1.82) is 0 Å². The summed E-state index contributed by atoms with van der Waals surface area (Å²) < 4.78 is 0. The van der Waals surface area contributed by atoms with Crippen LogP contribution in [0.5, 0.6) is 0 Å². The zero-order valence-electron chi connectivity index (χ0n) is 13.4. The monoisotopic (exact) mass is 318 g/mol. The Morgan fingerprint density at radius 1 is 1.08 bits per heavy atom. The summed E-state index contributed by atoms with van der Waals surface area (Å²) in [6, 6.07) is 17.5. The summed E-state index contributed by atoms with van der Waals surface area (Å²) in [6.45, 7) is 1.86. The lowest BCUT2D eigenvalue weighted by molar-refractivity contribution is 0.0931. The number of amides is 1. The van der Waals surface area contributed by atoms with Crippen molar-refractivity contribution in [1.82, 2.24) is 20.5 Å². The highest BCUT2D eigenvalue weighted by atomic mass is 16.1. The highest BCUT2D eigenvalue weighted by Crippen LogP contribution is 2.45. The molecule has 2 aromatic carbocycles. The van der Waals surface area contributed by atoms with Crippen LogP contribution in [0.3, 0.4) is 0 Å². The van der Waals surface area contributed by atoms with Gasteiger partial charge in [-0.15, -0.1) is 0 Å². The summed E-state index contributed by atoms with van der Waals surface area (Å²) >= 11 is 0. The molecule has 1 fully saturated rings. The number of hydrogen-bond donors (Lipinski definition) is 2. The molecule has 2 N–H and O–H groups in total. The Morgan fingerprint density at radius 2 is 1.79 bits per heavy atom. The predicted molar refractivity (Wildman–Crippen MR) is 91.4 cm³/mol. The molecule has 1 aliphatic rings. The van der Waals surface area contributed by atoms with Crippen molar-refractivity contribution in [3.63, 3.8) is 0 Å². The summed E-state index contributed by atoms with van der Waals surface area (Å²) in [7, 11) is 0. The minimum atomic E-state index is -0.197. The van der Waals surface area contributed by atoms with E-state index in [0.717, 1.165) is 24.2 Å². The number of aromatic amines is 1. The second kappa shape index (κ2) is 5.60. The maximum Gasteiger partial charge on any atom is 0.251 e. The molecular formula is C19H18N4O. The van der Waals surface area contributed by atoms with E-state index in [1.54, 1.807) is 0 Å². The summed E-state index contributed by atoms with van der Waals surface area (Å²) in [5.74, 6) is 1.36. The summed E-state index contributed by atoms with van der Waals surface area (Å²) in [6.07, 6.45) is 1.97. The molecule has 0 aliphatic heterocycles. The molecular weight excluding hydrogens is 300 g/mol. The number of carbonyl (C=O) groups excluding carboxylic acids is 1. The predicted octanol–water partition coefficient (Wildman–Crippen LogP) is 3.20. The Kier molecular flexibility index (Phi) is 3.41. The Morgan fingerprint density at radius 3 is 2.38 bits per heavy atom. The molecule has 0 spiro atoms. The average Bonchev–Trinajstić information content (AvgIpc) is 3.28. The van der Waals surface area contributed by atoms with Crippen LogP contribution in [-0.2, 0) is 5.54 Å². The fourth-order valence-corrected chi connectivity index (χ4v) is 2.90. The first-order valence-electron chi connectivity index (χ1n) is 8.04. The van der Waals surface area contributed by atoms with Crippen molar-refractivity contribution in [2.24, 2.45) is 0 Å². The first kappa shape index (κ1) is 14.6. The molecule has 0 radical (unpaired) electrons. The van der Waals surface area contributed by atoms with Crippen molar-refractivity contribution in [3.05, 3.63) is 71.5 Å². The second-order valence-electron chi connectivity index (χ2n) is 6.22. The van der Waals surface area contributed by atoms with Gasteiger partial charge in [-0.25, -0.2) is 4.98 Å². The van der Waals surface area contributed by atoms with E-state index < -0.39 is 0 Å². The lowest BCUT2D eigenvalue weighted by atomic mass is 10.0. The maximum absolute atomic E-state index is 12.6. The van der Waals surface area contributed by atoms with Crippen molar-refractivity contribution in [3.8, 4) is 11.4 Å². The molecule has 0 atom stereocenters. The first-order valence-corrected chi connectivity index (χ1v) is 8.04. The van der Waals surface area contributed by atoms with Gasteiger partial charge in [0.05, 0.1) is 5.54 Å². The Balaban J connectivity index is 1.51. The summed E-state index contributed by atoms with van der Waals surface area (Å²) in [4.78, 5) is 16.9. The zero-order valence-corrected chi connectivity index (χ0v) is 13.4. The number of carbonyl (C=O) groups is 1. The topological polar surface area (TPSA) is 70.7 Å². The molecule has 1 amide bonds. The highest BCUT2D eigenvalue weighted by molar-refractivity contribution is 5.95. The zero-order chi connectivity index (χ0) is 16.6. The molecule has 1 saturated carbocycles. The fraction of sp³-hybridized carbons (Fsp3) is 0.211. The molecule has 0 saturated heterocycles. The van der Waals surface area contributed by atoms with Gasteiger partial charge in [-0.2, -0.15) is 5.10 Å². The number of benzene rings is 2. The van der Waals surface area contributed by atoms with Crippen LogP contribution < -0.4 is 5.32 Å². The van der Waals surface area contributed by atoms with Gasteiger partial charge < -0.3 is 5.32 Å². The number of rotatable bonds is 4. The molecule has 0 unspecified atom stereocenters. The minimum Gasteiger partial charge on any atom is -0.343 e. The van der Waals surface area contributed by atoms with Crippen LogP contribution >= 0.6 is 0 Å². The van der Waals surface area contributed by atoms with Gasteiger partial charge in [-0.1, -0.05) is 42.5 Å². The number of nitrogens with one attached hydrogen (secondary N) is 2. The van der Waals surface area contributed by atoms with E-state index in [4.69, 9.17) is 0 Å². The molecule has 5 nitrogen and oxygen atoms in total. The average molecular weight is 318 g/mol. The molecule has 5 heteroatoms. The van der Waals surface area contributed by atoms with E-state index in [9.17, 15) is 4.79 Å². The molecule has 1 aromatic heterocycles. The van der Waals surface area contributed by atoms with Gasteiger partial charge in [0.25, 0.3) is 5.91 Å². The van der Waals surface area contributed by atoms with Crippen LogP contribution in [-0.4, -0.2) is 21.1 Å². The van der Waals surface area contributed by atoms with Crippen LogP contribution in [0, 0.1) is 6.92 Å². The van der Waals surface area contributed by atoms with Crippen LogP contribution in [0.15, 0.2) is 54.6 Å². The van der Waals surface area contributed by atoms with Crippen LogP contribution in [0.4, 0.5) is 0 Å². The van der Waals surface area contributed by atoms with Crippen LogP contribution in [0.1, 0.15) is 34.6 Å². The number of H-pyrrole nitrogens is 1. The van der Waals surface area contributed by atoms with Crippen molar-refractivity contribution < 1.29 is 4.79 Å². The largest absolute Gasteiger partial charge is 0.343 e. The van der Waals surface area contributed by atoms with E-state index in [2.05, 4.69) is 32.6 Å². The van der Waals surface area contributed by atoms with Gasteiger partial charge in [0.15, 0.2) is 5.82 Å². The SMILES string of the molecule is Cc1nc(-c2ccc(C(=O)NC3(c4ccccc4)CC3)cc2)n[nH]1. The highest BCUT2D eigenvalue weighted by Gasteiger charge is 2.45. The third kappa shape index (κ3) is 2.69. The second-order valence-corrected chi connectivity index (χ2v) is 6.22. The maximum atomic E-state index is 12.6. The summed E-state index contributed by atoms with van der Waals surface area (Å²) in [5, 5.41) is 10.1. The first-order chi connectivity index (χ1) is 11.7. The van der Waals surface area contributed by atoms with Crippen molar-refractivity contribution in [2.45, 2.75) is 25.3 Å². The third-order valence-electron chi connectivity index (χ3n) is 4.43. The fourth-order valence-electron chi connectivity index (χ4n) is 2.90. The van der Waals surface area contributed by atoms with E-state index in [1.807, 2.05) is 49.4 Å². The third-order valence-corrected chi connectivity index (χ3v) is 4.43. The van der Waals surface area contributed by atoms with Gasteiger partial charge >= 0.3 is 0 Å². The van der Waals surface area contributed by atoms with Crippen molar-refractivity contribution >= 4 is 5.91 Å². The molecule has 0 bridgehead atoms. The molecule has 4 rings (SSSR count). The number of nitrogens with zero attached hydrogens (tertiary/aromatic N) is 2. The Labute approximate surface area is 140 Å². The molecule has 120 valence electrons. The van der Waals surface area contributed by atoms with Gasteiger partial charge in [0.1, 0.15) is 5.82 Å². The number of aromatic nitrogens is 3. The smallest absolute Gasteiger partial charge is 0.251 e. The van der Waals surface area contributed by atoms with Gasteiger partial charge in [0.2, 0.25) is 0 Å². The Bertz CT molecular complexity index is 864. The number of hydrogen-bond acceptors (Lipinski definition) is 3. The number of aryl methyl sites for hydroxylation is 1. The summed E-state index contributed by atoms with van der Waals surface area (Å²) in [5.41, 5.74) is 2.51. The molecule has 1 heterocycles.